The molecule has 0 unspecified atom stereocenters. The number of rotatable bonds is 8. The van der Waals surface area contributed by atoms with E-state index in [2.05, 4.69) is 17.6 Å². The molecule has 0 saturated carbocycles. The Kier molecular flexibility index (Phi) is 7.44. The highest BCUT2D eigenvalue weighted by atomic mass is 16.5. The molecule has 0 bridgehead atoms. The number of anilines is 1. The quantitative estimate of drug-likeness (QED) is 0.438. The van der Waals surface area contributed by atoms with Crippen LogP contribution < -0.4 is 15.4 Å². The van der Waals surface area contributed by atoms with Crippen molar-refractivity contribution in [3.8, 4) is 11.8 Å². The van der Waals surface area contributed by atoms with E-state index in [9.17, 15) is 4.79 Å². The molecule has 0 saturated heterocycles. The average molecular weight is 287 g/mol. The predicted molar refractivity (Wildman–Crippen MR) is 82.8 cm³/mol. The average Bonchev–Trinajstić information content (AvgIpc) is 2.51. The molecule has 5 heteroatoms. The fourth-order valence-electron chi connectivity index (χ4n) is 1.74. The summed E-state index contributed by atoms with van der Waals surface area (Å²) in [6.45, 7) is 2.87. The Morgan fingerprint density at radius 1 is 1.38 bits per heavy atom. The largest absolute Gasteiger partial charge is 0.495 e. The van der Waals surface area contributed by atoms with E-state index < -0.39 is 5.91 Å². The second kappa shape index (κ2) is 9.43. The minimum absolute atomic E-state index is 0.0393. The summed E-state index contributed by atoms with van der Waals surface area (Å²) >= 11 is 0. The summed E-state index contributed by atoms with van der Waals surface area (Å²) in [6, 6.07) is 8.96. The maximum absolute atomic E-state index is 12.0. The lowest BCUT2D eigenvalue weighted by Crippen LogP contribution is -2.17. The number of unbranched alkanes of at least 4 members (excludes halogenated alkanes) is 2. The van der Waals surface area contributed by atoms with E-state index in [1.807, 2.05) is 12.1 Å². The second-order valence-corrected chi connectivity index (χ2v) is 4.49. The van der Waals surface area contributed by atoms with Crippen molar-refractivity contribution in [2.24, 2.45) is 0 Å². The summed E-state index contributed by atoms with van der Waals surface area (Å²) in [5, 5.41) is 14.7. The van der Waals surface area contributed by atoms with Crippen LogP contribution >= 0.6 is 0 Å². The molecular formula is C16H21N3O2. The molecule has 1 aromatic carbocycles. The molecule has 2 N–H and O–H groups in total. The third kappa shape index (κ3) is 5.57. The fraction of sp³-hybridized carbons (Fsp3) is 0.375. The number of amides is 1. The molecular weight excluding hydrogens is 266 g/mol. The van der Waals surface area contributed by atoms with E-state index in [0.29, 0.717) is 11.4 Å². The first-order valence-electron chi connectivity index (χ1n) is 7.01. The number of hydrogen-bond donors (Lipinski definition) is 2. The van der Waals surface area contributed by atoms with E-state index in [1.54, 1.807) is 18.2 Å². The lowest BCUT2D eigenvalue weighted by molar-refractivity contribution is -0.112. The highest BCUT2D eigenvalue weighted by molar-refractivity contribution is 6.07. The van der Waals surface area contributed by atoms with E-state index in [4.69, 9.17) is 10.00 Å². The van der Waals surface area contributed by atoms with Crippen LogP contribution in [0.2, 0.25) is 0 Å². The van der Waals surface area contributed by atoms with Gasteiger partial charge < -0.3 is 15.4 Å². The second-order valence-electron chi connectivity index (χ2n) is 4.49. The number of benzene rings is 1. The van der Waals surface area contributed by atoms with Crippen LogP contribution in [-0.4, -0.2) is 19.6 Å². The summed E-state index contributed by atoms with van der Waals surface area (Å²) in [5.74, 6) is 0.101. The first-order chi connectivity index (χ1) is 10.2. The molecule has 1 rings (SSSR count). The number of para-hydroxylation sites is 2. The van der Waals surface area contributed by atoms with Crippen molar-refractivity contribution in [2.45, 2.75) is 26.2 Å². The van der Waals surface area contributed by atoms with E-state index in [0.717, 1.165) is 25.8 Å². The third-order valence-corrected chi connectivity index (χ3v) is 2.89. The Morgan fingerprint density at radius 3 is 2.81 bits per heavy atom. The van der Waals surface area contributed by atoms with Crippen LogP contribution in [0.15, 0.2) is 36.0 Å². The first kappa shape index (κ1) is 16.6. The smallest absolute Gasteiger partial charge is 0.267 e. The summed E-state index contributed by atoms with van der Waals surface area (Å²) in [4.78, 5) is 12.0. The predicted octanol–water partition coefficient (Wildman–Crippen LogP) is 2.82. The molecule has 0 fully saturated rings. The molecule has 21 heavy (non-hydrogen) atoms. The molecule has 0 spiro atoms. The number of hydrogen-bond acceptors (Lipinski definition) is 4. The Bertz CT molecular complexity index is 533. The monoisotopic (exact) mass is 287 g/mol. The van der Waals surface area contributed by atoms with Gasteiger partial charge in [-0.1, -0.05) is 31.9 Å². The maximum Gasteiger partial charge on any atom is 0.267 e. The van der Waals surface area contributed by atoms with E-state index in [-0.39, 0.29) is 5.57 Å². The molecule has 0 aliphatic rings. The van der Waals surface area contributed by atoms with Gasteiger partial charge in [-0.3, -0.25) is 4.79 Å². The Morgan fingerprint density at radius 2 is 2.14 bits per heavy atom. The van der Waals surface area contributed by atoms with Gasteiger partial charge in [-0.25, -0.2) is 0 Å². The first-order valence-corrected chi connectivity index (χ1v) is 7.01. The van der Waals surface area contributed by atoms with Crippen LogP contribution in [0.5, 0.6) is 5.75 Å². The SMILES string of the molecule is CCCCCN/C=C(/C#N)C(=O)Nc1ccccc1OC. The van der Waals surface area contributed by atoms with Gasteiger partial charge in [0.05, 0.1) is 12.8 Å². The molecule has 112 valence electrons. The van der Waals surface area contributed by atoms with Crippen molar-refractivity contribution in [2.75, 3.05) is 19.0 Å². The number of ether oxygens (including phenoxy) is 1. The zero-order valence-electron chi connectivity index (χ0n) is 12.5. The van der Waals surface area contributed by atoms with Gasteiger partial charge in [-0.05, 0) is 18.6 Å². The number of carbonyl (C=O) groups is 1. The Hall–Kier alpha value is -2.48. The normalized spacial score (nSPS) is 10.6. The van der Waals surface area contributed by atoms with Crippen molar-refractivity contribution in [3.05, 3.63) is 36.0 Å². The van der Waals surface area contributed by atoms with Crippen LogP contribution in [0.1, 0.15) is 26.2 Å². The Labute approximate surface area is 125 Å². The summed E-state index contributed by atoms with van der Waals surface area (Å²) in [6.07, 6.45) is 4.72. The Balaban J connectivity index is 2.63. The van der Waals surface area contributed by atoms with Crippen LogP contribution in [0, 0.1) is 11.3 Å². The summed E-state index contributed by atoms with van der Waals surface area (Å²) < 4.78 is 5.15. The minimum atomic E-state index is -0.454. The number of methoxy groups -OCH3 is 1. The van der Waals surface area contributed by atoms with Gasteiger partial charge in [0.1, 0.15) is 17.4 Å². The zero-order valence-corrected chi connectivity index (χ0v) is 12.5. The van der Waals surface area contributed by atoms with Gasteiger partial charge in [0.25, 0.3) is 5.91 Å². The van der Waals surface area contributed by atoms with Crippen LogP contribution in [0.3, 0.4) is 0 Å². The van der Waals surface area contributed by atoms with Gasteiger partial charge in [0, 0.05) is 12.7 Å². The van der Waals surface area contributed by atoms with Crippen LogP contribution in [-0.2, 0) is 4.79 Å². The van der Waals surface area contributed by atoms with Crippen molar-refractivity contribution in [1.82, 2.24) is 5.32 Å². The van der Waals surface area contributed by atoms with Gasteiger partial charge in [-0.2, -0.15) is 5.26 Å². The number of nitrogens with zero attached hydrogens (tertiary/aromatic N) is 1. The van der Waals surface area contributed by atoms with E-state index in [1.165, 1.54) is 13.3 Å². The lowest BCUT2D eigenvalue weighted by atomic mass is 10.2. The third-order valence-electron chi connectivity index (χ3n) is 2.89. The standard InChI is InChI=1S/C16H21N3O2/c1-3-4-7-10-18-12-13(11-17)16(20)19-14-8-5-6-9-15(14)21-2/h5-6,8-9,12,18H,3-4,7,10H2,1-2H3,(H,19,20)/b13-12-. The van der Waals surface area contributed by atoms with Gasteiger partial charge in [0.2, 0.25) is 0 Å². The molecule has 0 aromatic heterocycles. The number of nitrogens with one attached hydrogen (secondary N) is 2. The lowest BCUT2D eigenvalue weighted by Gasteiger charge is -2.09. The summed E-state index contributed by atoms with van der Waals surface area (Å²) in [5.41, 5.74) is 0.578. The van der Waals surface area contributed by atoms with Gasteiger partial charge in [-0.15, -0.1) is 0 Å². The van der Waals surface area contributed by atoms with Crippen LogP contribution in [0.25, 0.3) is 0 Å². The van der Waals surface area contributed by atoms with Gasteiger partial charge in [0.15, 0.2) is 0 Å². The minimum Gasteiger partial charge on any atom is -0.495 e. The van der Waals surface area contributed by atoms with Crippen molar-refractivity contribution < 1.29 is 9.53 Å². The molecule has 0 heterocycles. The molecule has 0 radical (unpaired) electrons. The fourth-order valence-corrected chi connectivity index (χ4v) is 1.74. The molecule has 1 aromatic rings. The van der Waals surface area contributed by atoms with Crippen LogP contribution in [0.4, 0.5) is 5.69 Å². The molecule has 0 aliphatic carbocycles. The highest BCUT2D eigenvalue weighted by Gasteiger charge is 2.11. The number of nitriles is 1. The molecule has 5 nitrogen and oxygen atoms in total. The number of carbonyl (C=O) groups excluding carboxylic acids is 1. The topological polar surface area (TPSA) is 74.2 Å². The molecule has 0 atom stereocenters. The molecule has 0 aliphatic heterocycles. The molecule has 1 amide bonds. The zero-order chi connectivity index (χ0) is 15.5. The van der Waals surface area contributed by atoms with Crippen molar-refractivity contribution in [3.63, 3.8) is 0 Å². The van der Waals surface area contributed by atoms with Gasteiger partial charge >= 0.3 is 0 Å². The van der Waals surface area contributed by atoms with Crippen molar-refractivity contribution >= 4 is 11.6 Å². The maximum atomic E-state index is 12.0. The summed E-state index contributed by atoms with van der Waals surface area (Å²) in [7, 11) is 1.53. The highest BCUT2D eigenvalue weighted by Crippen LogP contribution is 2.23. The van der Waals surface area contributed by atoms with Crippen molar-refractivity contribution in [1.29, 1.82) is 5.26 Å². The van der Waals surface area contributed by atoms with E-state index >= 15 is 0 Å².